The average molecular weight is 291 g/mol. The fourth-order valence-corrected chi connectivity index (χ4v) is 4.28. The zero-order valence-corrected chi connectivity index (χ0v) is 12.6. The van der Waals surface area contributed by atoms with Gasteiger partial charge in [-0.2, -0.15) is 0 Å². The van der Waals surface area contributed by atoms with Crippen LogP contribution in [0.3, 0.4) is 0 Å². The molecule has 1 aromatic rings. The van der Waals surface area contributed by atoms with Crippen LogP contribution in [0.1, 0.15) is 19.8 Å². The number of fused-ring (bicyclic) bond motifs is 1. The van der Waals surface area contributed by atoms with E-state index in [0.29, 0.717) is 11.8 Å². The van der Waals surface area contributed by atoms with Crippen molar-refractivity contribution in [2.45, 2.75) is 36.1 Å². The maximum absolute atomic E-state index is 12.5. The average Bonchev–Trinajstić information content (AvgIpc) is 3.02. The van der Waals surface area contributed by atoms with Crippen molar-refractivity contribution in [2.24, 2.45) is 17.6 Å². The number of nitrogens with zero attached hydrogens (tertiary/aromatic N) is 2. The van der Waals surface area contributed by atoms with E-state index in [1.807, 2.05) is 30.0 Å². The van der Waals surface area contributed by atoms with Crippen molar-refractivity contribution in [1.82, 2.24) is 9.88 Å². The van der Waals surface area contributed by atoms with Crippen LogP contribution < -0.4 is 5.73 Å². The molecule has 4 atom stereocenters. The number of aromatic nitrogens is 1. The van der Waals surface area contributed by atoms with E-state index in [0.717, 1.165) is 24.5 Å². The summed E-state index contributed by atoms with van der Waals surface area (Å²) in [6.07, 6.45) is 4.06. The van der Waals surface area contributed by atoms with Gasteiger partial charge in [-0.25, -0.2) is 4.98 Å². The lowest BCUT2D eigenvalue weighted by molar-refractivity contribution is -0.129. The number of amides is 1. The summed E-state index contributed by atoms with van der Waals surface area (Å²) in [5.74, 6) is 1.37. The molecule has 1 aromatic heterocycles. The third kappa shape index (κ3) is 2.69. The van der Waals surface area contributed by atoms with E-state index < -0.39 is 0 Å². The molecule has 0 radical (unpaired) electrons. The molecule has 2 N–H and O–H groups in total. The lowest BCUT2D eigenvalue weighted by Crippen LogP contribution is -2.37. The van der Waals surface area contributed by atoms with Crippen LogP contribution in [0.15, 0.2) is 29.4 Å². The van der Waals surface area contributed by atoms with Crippen molar-refractivity contribution in [2.75, 3.05) is 13.1 Å². The molecule has 1 amide bonds. The third-order valence-electron chi connectivity index (χ3n) is 4.51. The van der Waals surface area contributed by atoms with Crippen molar-refractivity contribution in [3.8, 4) is 0 Å². The molecule has 108 valence electrons. The molecule has 4 unspecified atom stereocenters. The Morgan fingerprint density at radius 2 is 2.30 bits per heavy atom. The smallest absolute Gasteiger partial charge is 0.235 e. The molecule has 2 heterocycles. The van der Waals surface area contributed by atoms with Crippen LogP contribution in [0.4, 0.5) is 0 Å². The SMILES string of the molecule is CC(Sc1ccccn1)C(=O)N1CC2CCC(N)C2C1. The van der Waals surface area contributed by atoms with Crippen molar-refractivity contribution >= 4 is 17.7 Å². The minimum atomic E-state index is -0.0834. The number of hydrogen-bond donors (Lipinski definition) is 1. The summed E-state index contributed by atoms with van der Waals surface area (Å²) in [4.78, 5) is 18.8. The molecule has 1 aliphatic heterocycles. The van der Waals surface area contributed by atoms with E-state index in [1.165, 1.54) is 18.2 Å². The fraction of sp³-hybridized carbons (Fsp3) is 0.600. The number of hydrogen-bond acceptors (Lipinski definition) is 4. The van der Waals surface area contributed by atoms with Gasteiger partial charge >= 0.3 is 0 Å². The number of carbonyl (C=O) groups is 1. The van der Waals surface area contributed by atoms with Crippen molar-refractivity contribution in [3.63, 3.8) is 0 Å². The Hall–Kier alpha value is -1.07. The number of nitrogens with two attached hydrogens (primary N) is 1. The standard InChI is InChI=1S/C15H21N3OS/c1-10(20-14-4-2-3-7-17-14)15(19)18-8-11-5-6-13(16)12(11)9-18/h2-4,7,10-13H,5-6,8-9,16H2,1H3. The molecule has 0 aromatic carbocycles. The fourth-order valence-electron chi connectivity index (χ4n) is 3.39. The van der Waals surface area contributed by atoms with Gasteiger partial charge in [-0.1, -0.05) is 17.8 Å². The molecule has 0 spiro atoms. The molecule has 20 heavy (non-hydrogen) atoms. The van der Waals surface area contributed by atoms with Gasteiger partial charge in [-0.3, -0.25) is 4.79 Å². The van der Waals surface area contributed by atoms with Crippen LogP contribution in [0.5, 0.6) is 0 Å². The summed E-state index contributed by atoms with van der Waals surface area (Å²) in [6, 6.07) is 6.07. The van der Waals surface area contributed by atoms with E-state index in [9.17, 15) is 4.79 Å². The Balaban J connectivity index is 1.59. The van der Waals surface area contributed by atoms with Gasteiger partial charge < -0.3 is 10.6 Å². The first-order valence-electron chi connectivity index (χ1n) is 7.27. The highest BCUT2D eigenvalue weighted by Crippen LogP contribution is 2.38. The number of carbonyl (C=O) groups excluding carboxylic acids is 1. The number of likely N-dealkylation sites (tertiary alicyclic amines) is 1. The summed E-state index contributed by atoms with van der Waals surface area (Å²) in [7, 11) is 0. The van der Waals surface area contributed by atoms with E-state index >= 15 is 0 Å². The van der Waals surface area contributed by atoms with E-state index in [4.69, 9.17) is 5.73 Å². The van der Waals surface area contributed by atoms with Gasteiger partial charge in [0.1, 0.15) is 0 Å². The topological polar surface area (TPSA) is 59.2 Å². The predicted octanol–water partition coefficient (Wildman–Crippen LogP) is 1.76. The Bertz CT molecular complexity index is 481. The summed E-state index contributed by atoms with van der Waals surface area (Å²) >= 11 is 1.53. The first-order chi connectivity index (χ1) is 9.65. The van der Waals surface area contributed by atoms with Crippen LogP contribution in [-0.2, 0) is 4.79 Å². The first kappa shape index (κ1) is 13.9. The van der Waals surface area contributed by atoms with Gasteiger partial charge in [0.25, 0.3) is 0 Å². The highest BCUT2D eigenvalue weighted by molar-refractivity contribution is 8.00. The molecule has 0 bridgehead atoms. The van der Waals surface area contributed by atoms with Gasteiger partial charge in [-0.05, 0) is 43.7 Å². The zero-order valence-electron chi connectivity index (χ0n) is 11.7. The summed E-state index contributed by atoms with van der Waals surface area (Å²) in [5, 5.41) is 0.824. The minimum absolute atomic E-state index is 0.0834. The third-order valence-corrected chi connectivity index (χ3v) is 5.55. The number of thioether (sulfide) groups is 1. The molecule has 2 aliphatic rings. The quantitative estimate of drug-likeness (QED) is 0.862. The van der Waals surface area contributed by atoms with Gasteiger partial charge in [-0.15, -0.1) is 0 Å². The van der Waals surface area contributed by atoms with Crippen LogP contribution in [0.2, 0.25) is 0 Å². The van der Waals surface area contributed by atoms with E-state index in [-0.39, 0.29) is 17.2 Å². The van der Waals surface area contributed by atoms with Crippen molar-refractivity contribution in [3.05, 3.63) is 24.4 Å². The molecule has 5 heteroatoms. The maximum atomic E-state index is 12.5. The number of rotatable bonds is 3. The summed E-state index contributed by atoms with van der Waals surface area (Å²) < 4.78 is 0. The first-order valence-corrected chi connectivity index (χ1v) is 8.15. The molecule has 3 rings (SSSR count). The molecule has 1 saturated heterocycles. The second kappa shape index (κ2) is 5.74. The van der Waals surface area contributed by atoms with E-state index in [1.54, 1.807) is 6.20 Å². The van der Waals surface area contributed by atoms with Crippen LogP contribution in [0, 0.1) is 11.8 Å². The monoisotopic (exact) mass is 291 g/mol. The van der Waals surface area contributed by atoms with Crippen molar-refractivity contribution in [1.29, 1.82) is 0 Å². The lowest BCUT2D eigenvalue weighted by Gasteiger charge is -2.22. The minimum Gasteiger partial charge on any atom is -0.341 e. The molecule has 1 aliphatic carbocycles. The van der Waals surface area contributed by atoms with Gasteiger partial charge in [0.05, 0.1) is 10.3 Å². The van der Waals surface area contributed by atoms with Crippen molar-refractivity contribution < 1.29 is 4.79 Å². The second-order valence-electron chi connectivity index (χ2n) is 5.84. The second-order valence-corrected chi connectivity index (χ2v) is 7.20. The van der Waals surface area contributed by atoms with Gasteiger partial charge in [0.15, 0.2) is 0 Å². The molecule has 4 nitrogen and oxygen atoms in total. The molecular formula is C15H21N3OS. The van der Waals surface area contributed by atoms with Crippen LogP contribution >= 0.6 is 11.8 Å². The summed E-state index contributed by atoms with van der Waals surface area (Å²) in [5.41, 5.74) is 6.13. The van der Waals surface area contributed by atoms with Crippen LogP contribution in [0.25, 0.3) is 0 Å². The maximum Gasteiger partial charge on any atom is 0.235 e. The lowest BCUT2D eigenvalue weighted by atomic mass is 9.98. The van der Waals surface area contributed by atoms with Gasteiger partial charge in [0.2, 0.25) is 5.91 Å². The Kier molecular flexibility index (Phi) is 3.98. The van der Waals surface area contributed by atoms with Gasteiger partial charge in [0, 0.05) is 25.3 Å². The Labute approximate surface area is 124 Å². The highest BCUT2D eigenvalue weighted by atomic mass is 32.2. The normalized spacial score (nSPS) is 30.3. The van der Waals surface area contributed by atoms with E-state index in [2.05, 4.69) is 4.98 Å². The largest absolute Gasteiger partial charge is 0.341 e. The summed E-state index contributed by atoms with van der Waals surface area (Å²) in [6.45, 7) is 3.71. The Morgan fingerprint density at radius 1 is 1.45 bits per heavy atom. The zero-order chi connectivity index (χ0) is 14.1. The molecule has 1 saturated carbocycles. The predicted molar refractivity (Wildman–Crippen MR) is 80.3 cm³/mol. The molecule has 2 fully saturated rings. The van der Waals surface area contributed by atoms with Crippen LogP contribution in [-0.4, -0.2) is 40.2 Å². The molecular weight excluding hydrogens is 270 g/mol. The highest BCUT2D eigenvalue weighted by Gasteiger charge is 2.43. The number of pyridine rings is 1. The Morgan fingerprint density at radius 3 is 3.00 bits per heavy atom.